The van der Waals surface area contributed by atoms with Gasteiger partial charge in [0, 0.05) is 25.7 Å². The molecule has 26 heavy (non-hydrogen) atoms. The summed E-state index contributed by atoms with van der Waals surface area (Å²) >= 11 is 0. The van der Waals surface area contributed by atoms with Crippen LogP contribution in [0.3, 0.4) is 0 Å². The summed E-state index contributed by atoms with van der Waals surface area (Å²) in [5.74, 6) is 1.50. The number of amides is 1. The van der Waals surface area contributed by atoms with E-state index in [2.05, 4.69) is 40.9 Å². The molecule has 148 valence electrons. The van der Waals surface area contributed by atoms with Crippen LogP contribution in [0.2, 0.25) is 0 Å². The van der Waals surface area contributed by atoms with Crippen molar-refractivity contribution >= 4 is 35.8 Å². The van der Waals surface area contributed by atoms with E-state index < -0.39 is 5.41 Å². The number of rotatable bonds is 7. The zero-order valence-corrected chi connectivity index (χ0v) is 19.2. The summed E-state index contributed by atoms with van der Waals surface area (Å²) in [6.45, 7) is 10.9. The fourth-order valence-corrected chi connectivity index (χ4v) is 2.45. The molecule has 0 heterocycles. The third-order valence-corrected chi connectivity index (χ3v) is 4.08. The van der Waals surface area contributed by atoms with Gasteiger partial charge >= 0.3 is 0 Å². The van der Waals surface area contributed by atoms with Gasteiger partial charge in [-0.25, -0.2) is 0 Å². The fraction of sp³-hybridized carbons (Fsp3) is 0.579. The zero-order chi connectivity index (χ0) is 19.0. The number of carbonyl (C=O) groups excluding carboxylic acids is 1. The van der Waals surface area contributed by atoms with E-state index in [0.29, 0.717) is 19.0 Å². The van der Waals surface area contributed by atoms with Crippen LogP contribution in [0, 0.1) is 12.3 Å². The van der Waals surface area contributed by atoms with Gasteiger partial charge in [-0.1, -0.05) is 17.7 Å². The average molecular weight is 476 g/mol. The van der Waals surface area contributed by atoms with Crippen molar-refractivity contribution in [1.29, 1.82) is 0 Å². The number of aliphatic imine (C=N–C) groups is 1. The van der Waals surface area contributed by atoms with Crippen molar-refractivity contribution in [2.75, 3.05) is 27.2 Å². The lowest BCUT2D eigenvalue weighted by Gasteiger charge is -2.26. The Kier molecular flexibility index (Phi) is 10.6. The molecule has 0 aliphatic rings. The number of hydrogen-bond acceptors (Lipinski definition) is 3. The van der Waals surface area contributed by atoms with E-state index in [4.69, 9.17) is 4.74 Å². The Morgan fingerprint density at radius 3 is 2.50 bits per heavy atom. The Hall–Kier alpha value is -1.51. The molecule has 0 bridgehead atoms. The SMILES string of the molecule is CCNC(=O)C(C)(C)CNC(=NC)NC(C)c1cc(C)ccc1OC.I. The van der Waals surface area contributed by atoms with Gasteiger partial charge in [-0.05, 0) is 40.7 Å². The lowest BCUT2D eigenvalue weighted by molar-refractivity contribution is -0.128. The minimum atomic E-state index is -0.530. The number of aryl methyl sites for hydroxylation is 1. The van der Waals surface area contributed by atoms with E-state index in [9.17, 15) is 4.79 Å². The number of hydrogen-bond donors (Lipinski definition) is 3. The Balaban J connectivity index is 0.00000625. The first-order valence-corrected chi connectivity index (χ1v) is 8.65. The molecule has 1 atom stereocenters. The van der Waals surface area contributed by atoms with Crippen LogP contribution in [0.5, 0.6) is 5.75 Å². The molecule has 0 radical (unpaired) electrons. The first-order chi connectivity index (χ1) is 11.7. The van der Waals surface area contributed by atoms with Gasteiger partial charge < -0.3 is 20.7 Å². The standard InChI is InChI=1S/C19H32N4O2.HI/c1-8-21-17(24)19(4,5)12-22-18(20-6)23-14(3)15-11-13(2)9-10-16(15)25-7;/h9-11,14H,8,12H2,1-7H3,(H,21,24)(H2,20,22,23);1H. The van der Waals surface area contributed by atoms with Gasteiger partial charge in [-0.3, -0.25) is 9.79 Å². The van der Waals surface area contributed by atoms with E-state index in [-0.39, 0.29) is 35.9 Å². The van der Waals surface area contributed by atoms with Gasteiger partial charge in [0.25, 0.3) is 0 Å². The van der Waals surface area contributed by atoms with Crippen LogP contribution in [0.1, 0.15) is 44.9 Å². The topological polar surface area (TPSA) is 74.8 Å². The summed E-state index contributed by atoms with van der Waals surface area (Å²) in [6, 6.07) is 6.10. The van der Waals surface area contributed by atoms with E-state index in [1.54, 1.807) is 14.2 Å². The third kappa shape index (κ3) is 7.01. The van der Waals surface area contributed by atoms with Crippen molar-refractivity contribution in [3.8, 4) is 5.75 Å². The van der Waals surface area contributed by atoms with Crippen molar-refractivity contribution in [3.05, 3.63) is 29.3 Å². The smallest absolute Gasteiger partial charge is 0.227 e. The molecule has 6 nitrogen and oxygen atoms in total. The maximum atomic E-state index is 12.1. The summed E-state index contributed by atoms with van der Waals surface area (Å²) in [4.78, 5) is 16.4. The zero-order valence-electron chi connectivity index (χ0n) is 16.9. The van der Waals surface area contributed by atoms with Crippen molar-refractivity contribution in [3.63, 3.8) is 0 Å². The van der Waals surface area contributed by atoms with Gasteiger partial charge in [0.05, 0.1) is 18.6 Å². The van der Waals surface area contributed by atoms with Gasteiger partial charge in [-0.2, -0.15) is 0 Å². The number of methoxy groups -OCH3 is 1. The molecule has 0 fully saturated rings. The molecule has 1 aromatic carbocycles. The van der Waals surface area contributed by atoms with Crippen molar-refractivity contribution in [1.82, 2.24) is 16.0 Å². The molecule has 1 unspecified atom stereocenters. The lowest BCUT2D eigenvalue weighted by Crippen LogP contribution is -2.48. The maximum absolute atomic E-state index is 12.1. The molecule has 0 aromatic heterocycles. The Labute approximate surface area is 174 Å². The van der Waals surface area contributed by atoms with Crippen LogP contribution in [-0.2, 0) is 4.79 Å². The predicted octanol–water partition coefficient (Wildman–Crippen LogP) is 3.01. The largest absolute Gasteiger partial charge is 0.496 e. The highest BCUT2D eigenvalue weighted by atomic mass is 127. The molecular formula is C19H33IN4O2. The van der Waals surface area contributed by atoms with Crippen LogP contribution >= 0.6 is 24.0 Å². The Bertz CT molecular complexity index is 618. The number of ether oxygens (including phenoxy) is 1. The van der Waals surface area contributed by atoms with Crippen molar-refractivity contribution in [2.45, 2.75) is 40.7 Å². The van der Waals surface area contributed by atoms with Crippen LogP contribution in [0.15, 0.2) is 23.2 Å². The number of guanidine groups is 1. The highest BCUT2D eigenvalue weighted by molar-refractivity contribution is 14.0. The number of carbonyl (C=O) groups is 1. The highest BCUT2D eigenvalue weighted by Crippen LogP contribution is 2.26. The normalized spacial score (nSPS) is 12.7. The summed E-state index contributed by atoms with van der Waals surface area (Å²) in [6.07, 6.45) is 0. The van der Waals surface area contributed by atoms with Gasteiger partial charge in [0.15, 0.2) is 5.96 Å². The first kappa shape index (κ1) is 24.5. The van der Waals surface area contributed by atoms with Crippen LogP contribution < -0.4 is 20.7 Å². The Morgan fingerprint density at radius 1 is 1.31 bits per heavy atom. The van der Waals surface area contributed by atoms with Gasteiger partial charge in [-0.15, -0.1) is 24.0 Å². The molecule has 3 N–H and O–H groups in total. The summed E-state index contributed by atoms with van der Waals surface area (Å²) in [5, 5.41) is 9.45. The van der Waals surface area contributed by atoms with E-state index in [1.165, 1.54) is 5.56 Å². The number of nitrogens with one attached hydrogen (secondary N) is 3. The second-order valence-corrected chi connectivity index (χ2v) is 6.78. The number of halogens is 1. The lowest BCUT2D eigenvalue weighted by atomic mass is 9.92. The molecule has 0 saturated carbocycles. The van der Waals surface area contributed by atoms with E-state index in [1.807, 2.05) is 32.9 Å². The number of benzene rings is 1. The van der Waals surface area contributed by atoms with Crippen LogP contribution in [0.4, 0.5) is 0 Å². The molecule has 7 heteroatoms. The molecule has 0 saturated heterocycles. The van der Waals surface area contributed by atoms with E-state index >= 15 is 0 Å². The minimum Gasteiger partial charge on any atom is -0.496 e. The van der Waals surface area contributed by atoms with Gasteiger partial charge in [0.1, 0.15) is 5.75 Å². The van der Waals surface area contributed by atoms with Crippen molar-refractivity contribution in [2.24, 2.45) is 10.4 Å². The summed E-state index contributed by atoms with van der Waals surface area (Å²) in [5.41, 5.74) is 1.70. The molecule has 0 aliphatic heterocycles. The minimum absolute atomic E-state index is 0. The van der Waals surface area contributed by atoms with Crippen molar-refractivity contribution < 1.29 is 9.53 Å². The molecule has 1 rings (SSSR count). The van der Waals surface area contributed by atoms with E-state index in [0.717, 1.165) is 11.3 Å². The molecule has 0 spiro atoms. The van der Waals surface area contributed by atoms with Gasteiger partial charge in [0.2, 0.25) is 5.91 Å². The molecule has 1 aromatic rings. The quantitative estimate of drug-likeness (QED) is 0.322. The second kappa shape index (κ2) is 11.3. The number of nitrogens with zero attached hydrogens (tertiary/aromatic N) is 1. The van der Waals surface area contributed by atoms with Crippen LogP contribution in [-0.4, -0.2) is 39.1 Å². The molecule has 1 amide bonds. The Morgan fingerprint density at radius 2 is 1.96 bits per heavy atom. The highest BCUT2D eigenvalue weighted by Gasteiger charge is 2.27. The monoisotopic (exact) mass is 476 g/mol. The van der Waals surface area contributed by atoms with Crippen LogP contribution in [0.25, 0.3) is 0 Å². The molecule has 0 aliphatic carbocycles. The third-order valence-electron chi connectivity index (χ3n) is 4.08. The fourth-order valence-electron chi connectivity index (χ4n) is 2.45. The molecular weight excluding hydrogens is 443 g/mol. The average Bonchev–Trinajstić information content (AvgIpc) is 2.58. The maximum Gasteiger partial charge on any atom is 0.227 e. The first-order valence-electron chi connectivity index (χ1n) is 8.65. The summed E-state index contributed by atoms with van der Waals surface area (Å²) in [7, 11) is 3.39. The summed E-state index contributed by atoms with van der Waals surface area (Å²) < 4.78 is 5.46. The second-order valence-electron chi connectivity index (χ2n) is 6.78. The predicted molar refractivity (Wildman–Crippen MR) is 119 cm³/mol.